The van der Waals surface area contributed by atoms with E-state index in [0.29, 0.717) is 0 Å². The molecule has 1 rings (SSSR count). The Bertz CT molecular complexity index is 71.7. The van der Waals surface area contributed by atoms with E-state index >= 15 is 0 Å². The Balaban J connectivity index is 2.33. The summed E-state index contributed by atoms with van der Waals surface area (Å²) in [6, 6.07) is 0. The summed E-state index contributed by atoms with van der Waals surface area (Å²) in [5.41, 5.74) is 0. The average molecular weight is 116 g/mol. The van der Waals surface area contributed by atoms with Gasteiger partial charge in [0, 0.05) is 12.8 Å². The second-order valence-corrected chi connectivity index (χ2v) is 2.61. The van der Waals surface area contributed by atoms with E-state index in [2.05, 4.69) is 0 Å². The molecule has 0 aromatic rings. The lowest BCUT2D eigenvalue weighted by atomic mass is 10.1. The molecule has 48 valence electrons. The van der Waals surface area contributed by atoms with Gasteiger partial charge in [0.15, 0.2) is 0 Å². The average Bonchev–Trinajstić information content (AvgIpc) is 1.65. The summed E-state index contributed by atoms with van der Waals surface area (Å²) in [6.07, 6.45) is 3.68. The van der Waals surface area contributed by atoms with Crippen LogP contribution < -0.4 is 11.7 Å². The van der Waals surface area contributed by atoms with E-state index in [1.807, 2.05) is 0 Å². The van der Waals surface area contributed by atoms with Crippen molar-refractivity contribution < 1.29 is 4.70 Å². The molecule has 3 heteroatoms. The summed E-state index contributed by atoms with van der Waals surface area (Å²) in [5.74, 6) is 11.2. The highest BCUT2D eigenvalue weighted by Crippen LogP contribution is 2.07. The fourth-order valence-corrected chi connectivity index (χ4v) is 1.10. The molecule has 8 heavy (non-hydrogen) atoms. The van der Waals surface area contributed by atoms with Crippen LogP contribution in [0.3, 0.4) is 0 Å². The van der Waals surface area contributed by atoms with Gasteiger partial charge in [0.1, 0.15) is 13.1 Å². The zero-order chi connectivity index (χ0) is 6.04. The minimum absolute atomic E-state index is 0.250. The standard InChI is InChI=1S/C5H14N3/c6-8(7)4-2-1-3-5-8/h1-7H2/q+1. The van der Waals surface area contributed by atoms with Gasteiger partial charge in [-0.1, -0.05) is 0 Å². The fourth-order valence-electron chi connectivity index (χ4n) is 1.10. The van der Waals surface area contributed by atoms with Crippen molar-refractivity contribution in [1.29, 1.82) is 0 Å². The highest BCUT2D eigenvalue weighted by atomic mass is 15.7. The molecule has 4 N–H and O–H groups in total. The van der Waals surface area contributed by atoms with E-state index < -0.39 is 0 Å². The van der Waals surface area contributed by atoms with Crippen LogP contribution in [0.25, 0.3) is 0 Å². The largest absolute Gasteiger partial charge is 0.176 e. The normalized spacial score (nSPS) is 27.8. The SMILES string of the molecule is N[N+]1(N)CCCCC1. The van der Waals surface area contributed by atoms with Crippen LogP contribution in [0.1, 0.15) is 19.3 Å². The van der Waals surface area contributed by atoms with Gasteiger partial charge in [0.25, 0.3) is 0 Å². The molecular formula is C5H14N3+. The first-order valence-electron chi connectivity index (χ1n) is 3.15. The minimum atomic E-state index is 0.250. The maximum atomic E-state index is 5.59. The molecule has 3 nitrogen and oxygen atoms in total. The molecule has 0 aromatic carbocycles. The monoisotopic (exact) mass is 116 g/mol. The maximum Gasteiger partial charge on any atom is 0.114 e. The molecule has 0 aliphatic carbocycles. The first-order chi connectivity index (χ1) is 3.71. The molecule has 0 bridgehead atoms. The van der Waals surface area contributed by atoms with Crippen molar-refractivity contribution in [2.45, 2.75) is 19.3 Å². The Morgan fingerprint density at radius 3 is 1.62 bits per heavy atom. The third-order valence-corrected chi connectivity index (χ3v) is 1.65. The third-order valence-electron chi connectivity index (χ3n) is 1.65. The van der Waals surface area contributed by atoms with Crippen molar-refractivity contribution in [3.05, 3.63) is 0 Å². The lowest BCUT2D eigenvalue weighted by molar-refractivity contribution is -0.955. The van der Waals surface area contributed by atoms with Crippen LogP contribution >= 0.6 is 0 Å². The number of nitrogens with two attached hydrogens (primary N) is 2. The Morgan fingerprint density at radius 2 is 1.38 bits per heavy atom. The molecule has 0 atom stereocenters. The molecule has 1 heterocycles. The smallest absolute Gasteiger partial charge is 0.114 e. The zero-order valence-electron chi connectivity index (χ0n) is 5.14. The zero-order valence-corrected chi connectivity index (χ0v) is 5.14. The lowest BCUT2D eigenvalue weighted by Gasteiger charge is -2.29. The van der Waals surface area contributed by atoms with Crippen molar-refractivity contribution in [2.75, 3.05) is 13.1 Å². The van der Waals surface area contributed by atoms with Crippen LogP contribution in [0.15, 0.2) is 0 Å². The van der Waals surface area contributed by atoms with E-state index in [1.54, 1.807) is 0 Å². The number of quaternary nitrogens is 1. The van der Waals surface area contributed by atoms with E-state index in [0.717, 1.165) is 13.1 Å². The van der Waals surface area contributed by atoms with Gasteiger partial charge in [-0.15, -0.1) is 0 Å². The summed E-state index contributed by atoms with van der Waals surface area (Å²) < 4.78 is 0.250. The molecule has 0 spiro atoms. The van der Waals surface area contributed by atoms with E-state index in [9.17, 15) is 0 Å². The summed E-state index contributed by atoms with van der Waals surface area (Å²) in [5, 5.41) is 0. The Morgan fingerprint density at radius 1 is 0.875 bits per heavy atom. The third kappa shape index (κ3) is 1.43. The van der Waals surface area contributed by atoms with Crippen molar-refractivity contribution in [1.82, 2.24) is 0 Å². The van der Waals surface area contributed by atoms with Crippen molar-refractivity contribution in [3.63, 3.8) is 0 Å². The number of hydrogen-bond acceptors (Lipinski definition) is 2. The fraction of sp³-hybridized carbons (Fsp3) is 1.00. The van der Waals surface area contributed by atoms with Crippen molar-refractivity contribution in [3.8, 4) is 0 Å². The van der Waals surface area contributed by atoms with Crippen LogP contribution in [0.2, 0.25) is 0 Å². The molecular weight excluding hydrogens is 102 g/mol. The molecule has 0 amide bonds. The van der Waals surface area contributed by atoms with E-state index in [-0.39, 0.29) is 4.70 Å². The summed E-state index contributed by atoms with van der Waals surface area (Å²) in [7, 11) is 0. The Labute approximate surface area is 49.8 Å². The van der Waals surface area contributed by atoms with Crippen molar-refractivity contribution in [2.24, 2.45) is 11.7 Å². The molecule has 1 aliphatic heterocycles. The lowest BCUT2D eigenvalue weighted by Crippen LogP contribution is -2.62. The summed E-state index contributed by atoms with van der Waals surface area (Å²) >= 11 is 0. The Hall–Kier alpha value is -0.120. The molecule has 0 unspecified atom stereocenters. The molecule has 1 saturated heterocycles. The van der Waals surface area contributed by atoms with Crippen LogP contribution in [-0.2, 0) is 0 Å². The first kappa shape index (κ1) is 6.01. The molecule has 1 fully saturated rings. The van der Waals surface area contributed by atoms with Crippen molar-refractivity contribution >= 4 is 0 Å². The van der Waals surface area contributed by atoms with Crippen LogP contribution in [0, 0.1) is 0 Å². The Kier molecular flexibility index (Phi) is 1.51. The van der Waals surface area contributed by atoms with Gasteiger partial charge < -0.3 is 0 Å². The second kappa shape index (κ2) is 2.01. The van der Waals surface area contributed by atoms with E-state index in [4.69, 9.17) is 11.7 Å². The number of nitrogens with zero attached hydrogens (tertiary/aromatic N) is 1. The first-order valence-corrected chi connectivity index (χ1v) is 3.15. The van der Waals surface area contributed by atoms with Gasteiger partial charge in [-0.05, 0) is 6.42 Å². The minimum Gasteiger partial charge on any atom is -0.176 e. The van der Waals surface area contributed by atoms with Crippen LogP contribution in [0.4, 0.5) is 0 Å². The summed E-state index contributed by atoms with van der Waals surface area (Å²) in [4.78, 5) is 0. The highest BCUT2D eigenvalue weighted by molar-refractivity contribution is 4.45. The number of piperidine rings is 1. The van der Waals surface area contributed by atoms with Gasteiger partial charge >= 0.3 is 0 Å². The van der Waals surface area contributed by atoms with Crippen LogP contribution in [0.5, 0.6) is 0 Å². The number of hydrogen-bond donors (Lipinski definition) is 2. The van der Waals surface area contributed by atoms with Gasteiger partial charge in [-0.3, -0.25) is 0 Å². The molecule has 0 aromatic heterocycles. The summed E-state index contributed by atoms with van der Waals surface area (Å²) in [6.45, 7) is 1.89. The quantitative estimate of drug-likeness (QED) is 0.338. The van der Waals surface area contributed by atoms with E-state index in [1.165, 1.54) is 19.3 Å². The molecule has 0 saturated carbocycles. The van der Waals surface area contributed by atoms with Gasteiger partial charge in [-0.25, -0.2) is 0 Å². The second-order valence-electron chi connectivity index (χ2n) is 2.61. The molecule has 1 aliphatic rings. The van der Waals surface area contributed by atoms with Crippen LogP contribution in [-0.4, -0.2) is 17.8 Å². The predicted octanol–water partition coefficient (Wildman–Crippen LogP) is -0.266. The van der Waals surface area contributed by atoms with Gasteiger partial charge in [-0.2, -0.15) is 16.4 Å². The van der Waals surface area contributed by atoms with Gasteiger partial charge in [0.05, 0.1) is 0 Å². The predicted molar refractivity (Wildman–Crippen MR) is 32.2 cm³/mol. The topological polar surface area (TPSA) is 52.0 Å². The molecule has 0 radical (unpaired) electrons. The number of rotatable bonds is 0. The maximum absolute atomic E-state index is 5.59. The highest BCUT2D eigenvalue weighted by Gasteiger charge is 2.20. The van der Waals surface area contributed by atoms with Gasteiger partial charge in [0.2, 0.25) is 0 Å².